The van der Waals surface area contributed by atoms with Gasteiger partial charge in [0.15, 0.2) is 11.5 Å². The second kappa shape index (κ2) is 5.96. The molecule has 5 heteroatoms. The maximum absolute atomic E-state index is 5.46. The number of rotatable bonds is 6. The van der Waals surface area contributed by atoms with Gasteiger partial charge in [0.1, 0.15) is 0 Å². The van der Waals surface area contributed by atoms with Crippen LogP contribution in [0.2, 0.25) is 0 Å². The number of nitrogens with zero attached hydrogens (tertiary/aromatic N) is 2. The molecule has 1 aliphatic rings. The van der Waals surface area contributed by atoms with Crippen molar-refractivity contribution in [1.82, 2.24) is 14.9 Å². The van der Waals surface area contributed by atoms with E-state index in [4.69, 9.17) is 9.47 Å². The number of aromatic nitrogens is 2. The number of hydrogen-bond acceptors (Lipinski definition) is 4. The van der Waals surface area contributed by atoms with Crippen molar-refractivity contribution in [1.29, 1.82) is 0 Å². The number of benzene rings is 1. The number of ether oxygens (including phenoxy) is 2. The lowest BCUT2D eigenvalue weighted by Gasteiger charge is -2.19. The lowest BCUT2D eigenvalue weighted by Crippen LogP contribution is -2.26. The molecule has 0 radical (unpaired) electrons. The third-order valence-corrected chi connectivity index (χ3v) is 3.39. The van der Waals surface area contributed by atoms with Gasteiger partial charge in [-0.05, 0) is 30.7 Å². The number of imidazole rings is 1. The van der Waals surface area contributed by atoms with E-state index in [1.165, 1.54) is 5.56 Å². The van der Waals surface area contributed by atoms with Gasteiger partial charge in [-0.15, -0.1) is 0 Å². The van der Waals surface area contributed by atoms with E-state index in [0.29, 0.717) is 6.79 Å². The summed E-state index contributed by atoms with van der Waals surface area (Å²) in [5.41, 5.74) is 1.20. The van der Waals surface area contributed by atoms with Gasteiger partial charge in [-0.3, -0.25) is 0 Å². The molecule has 0 spiro atoms. The minimum atomic E-state index is 0.235. The molecular weight excluding hydrogens is 254 g/mol. The van der Waals surface area contributed by atoms with Gasteiger partial charge in [0.05, 0.1) is 12.4 Å². The molecule has 2 heterocycles. The molecule has 1 aliphatic heterocycles. The molecule has 1 N–H and O–H groups in total. The van der Waals surface area contributed by atoms with Crippen molar-refractivity contribution in [3.63, 3.8) is 0 Å². The summed E-state index contributed by atoms with van der Waals surface area (Å²) in [4.78, 5) is 4.10. The summed E-state index contributed by atoms with van der Waals surface area (Å²) < 4.78 is 12.9. The van der Waals surface area contributed by atoms with Crippen LogP contribution in [0.4, 0.5) is 0 Å². The van der Waals surface area contributed by atoms with Gasteiger partial charge < -0.3 is 19.4 Å². The van der Waals surface area contributed by atoms with E-state index < -0.39 is 0 Å². The highest BCUT2D eigenvalue weighted by Crippen LogP contribution is 2.34. The van der Waals surface area contributed by atoms with E-state index in [2.05, 4.69) is 33.9 Å². The maximum atomic E-state index is 5.46. The van der Waals surface area contributed by atoms with Crippen molar-refractivity contribution in [2.75, 3.05) is 13.3 Å². The molecule has 3 rings (SSSR count). The lowest BCUT2D eigenvalue weighted by molar-refractivity contribution is 0.174. The summed E-state index contributed by atoms with van der Waals surface area (Å²) >= 11 is 0. The fraction of sp³-hybridized carbons (Fsp3) is 0.400. The molecule has 0 saturated heterocycles. The van der Waals surface area contributed by atoms with Crippen molar-refractivity contribution in [3.05, 3.63) is 42.5 Å². The molecule has 1 unspecified atom stereocenters. The summed E-state index contributed by atoms with van der Waals surface area (Å²) in [6.07, 6.45) is 6.72. The zero-order valence-electron chi connectivity index (χ0n) is 11.6. The van der Waals surface area contributed by atoms with Gasteiger partial charge >= 0.3 is 0 Å². The molecule has 1 aromatic heterocycles. The summed E-state index contributed by atoms with van der Waals surface area (Å²) in [7, 11) is 0. The third-order valence-electron chi connectivity index (χ3n) is 3.39. The Labute approximate surface area is 118 Å². The monoisotopic (exact) mass is 273 g/mol. The molecule has 1 aromatic carbocycles. The number of fused-ring (bicyclic) bond motifs is 1. The Kier molecular flexibility index (Phi) is 3.87. The number of nitrogens with one attached hydrogen (secondary N) is 1. The van der Waals surface area contributed by atoms with Crippen molar-refractivity contribution < 1.29 is 9.47 Å². The van der Waals surface area contributed by atoms with Crippen molar-refractivity contribution in [2.45, 2.75) is 25.9 Å². The van der Waals surface area contributed by atoms with Gasteiger partial charge in [-0.1, -0.05) is 13.0 Å². The van der Waals surface area contributed by atoms with Crippen LogP contribution in [0.1, 0.15) is 24.9 Å². The molecule has 0 aliphatic carbocycles. The summed E-state index contributed by atoms with van der Waals surface area (Å²) in [5.74, 6) is 1.65. The minimum absolute atomic E-state index is 0.235. The molecular formula is C15H19N3O2. The molecule has 20 heavy (non-hydrogen) atoms. The van der Waals surface area contributed by atoms with Crippen molar-refractivity contribution in [3.8, 4) is 11.5 Å². The Morgan fingerprint density at radius 1 is 1.35 bits per heavy atom. The quantitative estimate of drug-likeness (QED) is 0.877. The SMILES string of the molecule is CCCNC(Cn1ccnc1)c1ccc2c(c1)OCO2. The summed E-state index contributed by atoms with van der Waals surface area (Å²) in [5, 5.41) is 3.57. The molecule has 2 aromatic rings. The fourth-order valence-corrected chi connectivity index (χ4v) is 2.34. The Bertz CT molecular complexity index is 554. The van der Waals surface area contributed by atoms with E-state index in [1.807, 2.05) is 18.6 Å². The fourth-order valence-electron chi connectivity index (χ4n) is 2.34. The van der Waals surface area contributed by atoms with Crippen LogP contribution in [0.5, 0.6) is 11.5 Å². The standard InChI is InChI=1S/C15H19N3O2/c1-2-5-17-13(9-18-7-6-16-10-18)12-3-4-14-15(8-12)20-11-19-14/h3-4,6-8,10,13,17H,2,5,9,11H2,1H3. The zero-order valence-corrected chi connectivity index (χ0v) is 11.6. The average molecular weight is 273 g/mol. The topological polar surface area (TPSA) is 48.3 Å². The molecule has 0 fully saturated rings. The molecule has 0 amide bonds. The number of hydrogen-bond donors (Lipinski definition) is 1. The molecule has 0 saturated carbocycles. The van der Waals surface area contributed by atoms with Gasteiger partial charge in [0, 0.05) is 18.9 Å². The molecule has 5 nitrogen and oxygen atoms in total. The summed E-state index contributed by atoms with van der Waals surface area (Å²) in [6, 6.07) is 6.37. The van der Waals surface area contributed by atoms with Gasteiger partial charge in [0.25, 0.3) is 0 Å². The van der Waals surface area contributed by atoms with E-state index in [9.17, 15) is 0 Å². The Balaban J connectivity index is 1.80. The summed E-state index contributed by atoms with van der Waals surface area (Å²) in [6.45, 7) is 4.31. The average Bonchev–Trinajstić information content (AvgIpc) is 3.13. The normalized spacial score (nSPS) is 14.4. The second-order valence-corrected chi connectivity index (χ2v) is 4.88. The Morgan fingerprint density at radius 2 is 2.25 bits per heavy atom. The minimum Gasteiger partial charge on any atom is -0.454 e. The van der Waals surface area contributed by atoms with E-state index in [1.54, 1.807) is 6.20 Å². The van der Waals surface area contributed by atoms with E-state index >= 15 is 0 Å². The van der Waals surface area contributed by atoms with Crippen molar-refractivity contribution >= 4 is 0 Å². The van der Waals surface area contributed by atoms with Gasteiger partial charge in [0.2, 0.25) is 6.79 Å². The van der Waals surface area contributed by atoms with E-state index in [-0.39, 0.29) is 6.04 Å². The lowest BCUT2D eigenvalue weighted by atomic mass is 10.1. The van der Waals surface area contributed by atoms with Gasteiger partial charge in [-0.2, -0.15) is 0 Å². The van der Waals surface area contributed by atoms with Crippen LogP contribution in [0, 0.1) is 0 Å². The predicted octanol–water partition coefficient (Wildman–Crippen LogP) is 2.35. The van der Waals surface area contributed by atoms with Crippen LogP contribution in [0.15, 0.2) is 36.9 Å². The van der Waals surface area contributed by atoms with Crippen molar-refractivity contribution in [2.24, 2.45) is 0 Å². The smallest absolute Gasteiger partial charge is 0.231 e. The van der Waals surface area contributed by atoms with Crippen LogP contribution in [0.25, 0.3) is 0 Å². The van der Waals surface area contributed by atoms with Crippen LogP contribution < -0.4 is 14.8 Å². The molecule has 1 atom stereocenters. The first-order valence-electron chi connectivity index (χ1n) is 6.95. The first kappa shape index (κ1) is 13.0. The highest BCUT2D eigenvalue weighted by Gasteiger charge is 2.18. The predicted molar refractivity (Wildman–Crippen MR) is 75.8 cm³/mol. The van der Waals surface area contributed by atoms with Crippen LogP contribution in [-0.2, 0) is 6.54 Å². The Hall–Kier alpha value is -2.01. The van der Waals surface area contributed by atoms with E-state index in [0.717, 1.165) is 31.0 Å². The first-order chi connectivity index (χ1) is 9.86. The Morgan fingerprint density at radius 3 is 3.05 bits per heavy atom. The highest BCUT2D eigenvalue weighted by molar-refractivity contribution is 5.45. The molecule has 106 valence electrons. The van der Waals surface area contributed by atoms with Crippen LogP contribution in [0.3, 0.4) is 0 Å². The maximum Gasteiger partial charge on any atom is 0.231 e. The van der Waals surface area contributed by atoms with Crippen LogP contribution in [-0.4, -0.2) is 22.9 Å². The molecule has 0 bridgehead atoms. The first-order valence-corrected chi connectivity index (χ1v) is 6.95. The van der Waals surface area contributed by atoms with Crippen LogP contribution >= 0.6 is 0 Å². The zero-order chi connectivity index (χ0) is 13.8. The largest absolute Gasteiger partial charge is 0.454 e. The third kappa shape index (κ3) is 2.77. The second-order valence-electron chi connectivity index (χ2n) is 4.88. The van der Waals surface area contributed by atoms with Gasteiger partial charge in [-0.25, -0.2) is 4.98 Å². The highest BCUT2D eigenvalue weighted by atomic mass is 16.7.